The Hall–Kier alpha value is -2.08. The molecule has 0 bridgehead atoms. The first-order chi connectivity index (χ1) is 13.9. The number of nitrogens with zero attached hydrogens (tertiary/aromatic N) is 4. The predicted octanol–water partition coefficient (Wildman–Crippen LogP) is 3.62. The Morgan fingerprint density at radius 2 is 1.79 bits per heavy atom. The van der Waals surface area contributed by atoms with Crippen LogP contribution < -0.4 is 0 Å². The van der Waals surface area contributed by atoms with Crippen molar-refractivity contribution in [1.29, 1.82) is 5.26 Å². The summed E-state index contributed by atoms with van der Waals surface area (Å²) in [5, 5.41) is 9.84. The molecule has 2 aromatic heterocycles. The fourth-order valence-corrected chi connectivity index (χ4v) is 5.78. The minimum absolute atomic E-state index is 0.0329. The Morgan fingerprint density at radius 1 is 1.03 bits per heavy atom. The van der Waals surface area contributed by atoms with Crippen molar-refractivity contribution in [1.82, 2.24) is 13.6 Å². The van der Waals surface area contributed by atoms with Crippen LogP contribution in [-0.2, 0) is 16.6 Å². The molecule has 29 heavy (non-hydrogen) atoms. The van der Waals surface area contributed by atoms with E-state index in [0.717, 1.165) is 11.1 Å². The summed E-state index contributed by atoms with van der Waals surface area (Å²) in [5.74, 6) is 0. The summed E-state index contributed by atoms with van der Waals surface area (Å²) >= 11 is 12.1. The number of rotatable bonds is 4. The topological polar surface area (TPSA) is 68.8 Å². The molecule has 4 rings (SSSR count). The molecule has 1 aliphatic heterocycles. The average molecular weight is 449 g/mol. The van der Waals surface area contributed by atoms with Gasteiger partial charge in [-0.25, -0.2) is 8.42 Å². The molecule has 9 heteroatoms. The van der Waals surface area contributed by atoms with Gasteiger partial charge in [-0.15, -0.1) is 0 Å². The fraction of sp³-hybridized carbons (Fsp3) is 0.250. The van der Waals surface area contributed by atoms with E-state index >= 15 is 0 Å². The van der Waals surface area contributed by atoms with Gasteiger partial charge in [0.05, 0.1) is 21.1 Å². The first-order valence-electron chi connectivity index (χ1n) is 9.07. The number of hydrogen-bond acceptors (Lipinski definition) is 4. The maximum absolute atomic E-state index is 13.0. The standard InChI is InChI=1S/C20H18Cl2N4O2S/c21-17-4-3-6-19(20(17)22)29(27,28)26-10-8-24(9-11-26)13-15-14-25-7-2-1-5-18(25)16(15)12-23/h1-7,14H,8-11,13H2. The molecule has 3 heterocycles. The molecule has 3 aromatic rings. The van der Waals surface area contributed by atoms with Gasteiger partial charge >= 0.3 is 0 Å². The van der Waals surface area contributed by atoms with Crippen molar-refractivity contribution < 1.29 is 8.42 Å². The first-order valence-corrected chi connectivity index (χ1v) is 11.3. The SMILES string of the molecule is N#Cc1c(CN2CCN(S(=O)(=O)c3cccc(Cl)c3Cl)CC2)cn2ccccc12. The van der Waals surface area contributed by atoms with Crippen LogP contribution in [0.15, 0.2) is 53.7 Å². The molecule has 0 amide bonds. The molecule has 0 aliphatic carbocycles. The molecule has 6 nitrogen and oxygen atoms in total. The Balaban J connectivity index is 1.49. The van der Waals surface area contributed by atoms with Crippen molar-refractivity contribution in [3.05, 3.63) is 70.0 Å². The van der Waals surface area contributed by atoms with Crippen molar-refractivity contribution >= 4 is 38.7 Å². The van der Waals surface area contributed by atoms with Gasteiger partial charge in [0, 0.05) is 50.7 Å². The molecule has 0 atom stereocenters. The second-order valence-electron chi connectivity index (χ2n) is 6.87. The minimum Gasteiger partial charge on any atom is -0.322 e. The van der Waals surface area contributed by atoms with Crippen molar-refractivity contribution in [2.45, 2.75) is 11.4 Å². The van der Waals surface area contributed by atoms with E-state index in [1.54, 1.807) is 12.1 Å². The zero-order valence-electron chi connectivity index (χ0n) is 15.4. The van der Waals surface area contributed by atoms with Gasteiger partial charge in [0.2, 0.25) is 10.0 Å². The summed E-state index contributed by atoms with van der Waals surface area (Å²) < 4.78 is 29.3. The van der Waals surface area contributed by atoms with E-state index in [0.29, 0.717) is 38.3 Å². The van der Waals surface area contributed by atoms with E-state index in [9.17, 15) is 13.7 Å². The van der Waals surface area contributed by atoms with Crippen LogP contribution >= 0.6 is 23.2 Å². The lowest BCUT2D eigenvalue weighted by atomic mass is 10.1. The van der Waals surface area contributed by atoms with Gasteiger partial charge in [-0.1, -0.05) is 35.3 Å². The van der Waals surface area contributed by atoms with Gasteiger partial charge < -0.3 is 4.40 Å². The summed E-state index contributed by atoms with van der Waals surface area (Å²) in [6.45, 7) is 2.42. The monoisotopic (exact) mass is 448 g/mol. The molecule has 0 N–H and O–H groups in total. The third kappa shape index (κ3) is 3.75. The lowest BCUT2D eigenvalue weighted by Crippen LogP contribution is -2.48. The molecule has 0 unspecified atom stereocenters. The first kappa shape index (κ1) is 20.2. The third-order valence-corrected chi connectivity index (χ3v) is 8.01. The Labute approximate surface area is 179 Å². The van der Waals surface area contributed by atoms with Crippen LogP contribution in [0, 0.1) is 11.3 Å². The highest BCUT2D eigenvalue weighted by Crippen LogP contribution is 2.31. The number of benzene rings is 1. The van der Waals surface area contributed by atoms with E-state index in [1.165, 1.54) is 10.4 Å². The fourth-order valence-electron chi connectivity index (χ4n) is 3.62. The van der Waals surface area contributed by atoms with Gasteiger partial charge in [-0.05, 0) is 24.3 Å². The lowest BCUT2D eigenvalue weighted by Gasteiger charge is -2.34. The zero-order chi connectivity index (χ0) is 20.6. The second-order valence-corrected chi connectivity index (χ2v) is 9.56. The van der Waals surface area contributed by atoms with E-state index in [-0.39, 0.29) is 14.9 Å². The van der Waals surface area contributed by atoms with Crippen LogP contribution in [0.5, 0.6) is 0 Å². The van der Waals surface area contributed by atoms with E-state index in [4.69, 9.17) is 23.2 Å². The second kappa shape index (κ2) is 7.98. The third-order valence-electron chi connectivity index (χ3n) is 5.13. The number of aromatic nitrogens is 1. The van der Waals surface area contributed by atoms with Gasteiger partial charge in [0.1, 0.15) is 11.0 Å². The maximum atomic E-state index is 13.0. The molecule has 1 aromatic carbocycles. The summed E-state index contributed by atoms with van der Waals surface area (Å²) in [6.07, 6.45) is 3.88. The summed E-state index contributed by atoms with van der Waals surface area (Å²) in [5.41, 5.74) is 2.47. The van der Waals surface area contributed by atoms with E-state index in [1.807, 2.05) is 35.0 Å². The zero-order valence-corrected chi connectivity index (χ0v) is 17.8. The highest BCUT2D eigenvalue weighted by Gasteiger charge is 2.31. The number of halogens is 2. The number of hydrogen-bond donors (Lipinski definition) is 0. The molecule has 0 saturated carbocycles. The van der Waals surface area contributed by atoms with Crippen molar-refractivity contribution in [2.24, 2.45) is 0 Å². The van der Waals surface area contributed by atoms with Crippen LogP contribution in [0.3, 0.4) is 0 Å². The molecule has 1 fully saturated rings. The van der Waals surface area contributed by atoms with E-state index in [2.05, 4.69) is 11.0 Å². The van der Waals surface area contributed by atoms with Crippen LogP contribution in [0.1, 0.15) is 11.1 Å². The highest BCUT2D eigenvalue weighted by atomic mass is 35.5. The minimum atomic E-state index is -3.71. The van der Waals surface area contributed by atoms with Crippen LogP contribution in [0.25, 0.3) is 5.52 Å². The molecule has 0 radical (unpaired) electrons. The van der Waals surface area contributed by atoms with Gasteiger partial charge in [0.15, 0.2) is 0 Å². The summed E-state index contributed by atoms with van der Waals surface area (Å²) in [4.78, 5) is 2.19. The van der Waals surface area contributed by atoms with Gasteiger partial charge in [-0.3, -0.25) is 4.90 Å². The normalized spacial score (nSPS) is 16.2. The van der Waals surface area contributed by atoms with Crippen molar-refractivity contribution in [3.8, 4) is 6.07 Å². The van der Waals surface area contributed by atoms with Crippen LogP contribution in [0.4, 0.5) is 0 Å². The summed E-state index contributed by atoms with van der Waals surface area (Å²) in [6, 6.07) is 12.7. The molecule has 1 aliphatic rings. The van der Waals surface area contributed by atoms with E-state index < -0.39 is 10.0 Å². The van der Waals surface area contributed by atoms with Crippen LogP contribution in [0.2, 0.25) is 10.0 Å². The Kier molecular flexibility index (Phi) is 5.56. The predicted molar refractivity (Wildman–Crippen MR) is 113 cm³/mol. The quantitative estimate of drug-likeness (QED) is 0.610. The van der Waals surface area contributed by atoms with Gasteiger partial charge in [-0.2, -0.15) is 9.57 Å². The smallest absolute Gasteiger partial charge is 0.244 e. The highest BCUT2D eigenvalue weighted by molar-refractivity contribution is 7.89. The molecule has 1 saturated heterocycles. The number of nitriles is 1. The average Bonchev–Trinajstić information content (AvgIpc) is 3.07. The molecule has 150 valence electrons. The maximum Gasteiger partial charge on any atom is 0.244 e. The van der Waals surface area contributed by atoms with Crippen molar-refractivity contribution in [3.63, 3.8) is 0 Å². The van der Waals surface area contributed by atoms with Crippen molar-refractivity contribution in [2.75, 3.05) is 26.2 Å². The molecular formula is C20H18Cl2N4O2S. The molecular weight excluding hydrogens is 431 g/mol. The number of pyridine rings is 1. The van der Waals surface area contributed by atoms with Crippen LogP contribution in [-0.4, -0.2) is 48.2 Å². The Morgan fingerprint density at radius 3 is 2.52 bits per heavy atom. The van der Waals surface area contributed by atoms with Gasteiger partial charge in [0.25, 0.3) is 0 Å². The molecule has 0 spiro atoms. The number of fused-ring (bicyclic) bond motifs is 1. The summed E-state index contributed by atoms with van der Waals surface area (Å²) in [7, 11) is -3.71. The number of piperazine rings is 1. The number of sulfonamides is 1. The largest absolute Gasteiger partial charge is 0.322 e. The Bertz CT molecular complexity index is 1210. The lowest BCUT2D eigenvalue weighted by molar-refractivity contribution is 0.181.